The number of fused-ring (bicyclic) bond motifs is 1. The minimum Gasteiger partial charge on any atom is -0.381 e. The molecule has 2 heteroatoms. The van der Waals surface area contributed by atoms with Crippen LogP contribution in [0.15, 0.2) is 24.3 Å². The fourth-order valence-corrected chi connectivity index (χ4v) is 4.18. The van der Waals surface area contributed by atoms with Crippen LogP contribution in [0.25, 0.3) is 0 Å². The van der Waals surface area contributed by atoms with Gasteiger partial charge in [0.05, 0.1) is 0 Å². The molecule has 0 aromatic heterocycles. The number of hydrogen-bond donors (Lipinski definition) is 0. The second kappa shape index (κ2) is 4.60. The maximum Gasteiger partial charge on any atom is 0.0472 e. The third kappa shape index (κ3) is 2.11. The zero-order valence-corrected chi connectivity index (χ0v) is 11.6. The molecule has 0 saturated carbocycles. The highest BCUT2D eigenvalue weighted by Gasteiger charge is 2.46. The quantitative estimate of drug-likeness (QED) is 0.767. The summed E-state index contributed by atoms with van der Waals surface area (Å²) in [5.41, 5.74) is 3.79. The van der Waals surface area contributed by atoms with Gasteiger partial charge in [0.1, 0.15) is 0 Å². The Morgan fingerprint density at radius 3 is 2.58 bits per heavy atom. The molecule has 0 radical (unpaired) electrons. The summed E-state index contributed by atoms with van der Waals surface area (Å²) in [6.45, 7) is 4.62. The summed E-state index contributed by atoms with van der Waals surface area (Å²) in [4.78, 5) is 2.74. The average Bonchev–Trinajstić information content (AvgIpc) is 2.45. The van der Waals surface area contributed by atoms with Gasteiger partial charge in [-0.3, -0.25) is 4.90 Å². The number of hydrogen-bond acceptors (Lipinski definition) is 2. The van der Waals surface area contributed by atoms with E-state index >= 15 is 0 Å². The van der Waals surface area contributed by atoms with E-state index in [0.717, 1.165) is 19.3 Å². The van der Waals surface area contributed by atoms with Gasteiger partial charge in [-0.05, 0) is 43.2 Å². The van der Waals surface area contributed by atoms with Crippen LogP contribution in [0.3, 0.4) is 0 Å². The van der Waals surface area contributed by atoms with E-state index < -0.39 is 0 Å². The number of benzene rings is 1. The van der Waals surface area contributed by atoms with Crippen LogP contribution >= 0.6 is 0 Å². The standard InChI is InChI=1S/C17H23NO/c1-2-4-15-11-16(6-5-14(15)3-1)18-12-17(13-18)7-9-19-10-8-17/h1-4,16H,5-13H2/t16-/m0/s1. The van der Waals surface area contributed by atoms with Gasteiger partial charge in [0.15, 0.2) is 0 Å². The van der Waals surface area contributed by atoms with Gasteiger partial charge in [0, 0.05) is 37.8 Å². The lowest BCUT2D eigenvalue weighted by atomic mass is 9.71. The van der Waals surface area contributed by atoms with Gasteiger partial charge < -0.3 is 4.74 Å². The molecule has 0 bridgehead atoms. The second-order valence-electron chi connectivity index (χ2n) is 6.68. The van der Waals surface area contributed by atoms with Crippen LogP contribution < -0.4 is 0 Å². The van der Waals surface area contributed by atoms with Gasteiger partial charge in [-0.1, -0.05) is 24.3 Å². The van der Waals surface area contributed by atoms with Crippen molar-refractivity contribution in [2.75, 3.05) is 26.3 Å². The Bertz CT molecular complexity index is 456. The van der Waals surface area contributed by atoms with E-state index in [4.69, 9.17) is 4.74 Å². The molecule has 0 N–H and O–H groups in total. The molecule has 102 valence electrons. The number of rotatable bonds is 1. The van der Waals surface area contributed by atoms with Crippen LogP contribution in [-0.4, -0.2) is 37.2 Å². The second-order valence-corrected chi connectivity index (χ2v) is 6.68. The average molecular weight is 257 g/mol. The Hall–Kier alpha value is -0.860. The van der Waals surface area contributed by atoms with Crippen molar-refractivity contribution in [3.63, 3.8) is 0 Å². The number of ether oxygens (including phenoxy) is 1. The van der Waals surface area contributed by atoms with Crippen LogP contribution in [0.4, 0.5) is 0 Å². The fraction of sp³-hybridized carbons (Fsp3) is 0.647. The summed E-state index contributed by atoms with van der Waals surface area (Å²) in [5, 5.41) is 0. The Morgan fingerprint density at radius 2 is 1.79 bits per heavy atom. The van der Waals surface area contributed by atoms with Crippen molar-refractivity contribution < 1.29 is 4.74 Å². The number of likely N-dealkylation sites (tertiary alicyclic amines) is 1. The van der Waals surface area contributed by atoms with Crippen molar-refractivity contribution in [3.05, 3.63) is 35.4 Å². The molecular formula is C17H23NO. The molecule has 1 aromatic carbocycles. The third-order valence-corrected chi connectivity index (χ3v) is 5.47. The Kier molecular flexibility index (Phi) is 2.89. The Labute approximate surface area is 115 Å². The predicted molar refractivity (Wildman–Crippen MR) is 76.3 cm³/mol. The first kappa shape index (κ1) is 11.9. The summed E-state index contributed by atoms with van der Waals surface area (Å²) in [5.74, 6) is 0. The molecule has 4 rings (SSSR count). The molecule has 0 amide bonds. The van der Waals surface area contributed by atoms with E-state index in [1.807, 2.05) is 0 Å². The van der Waals surface area contributed by atoms with Crippen molar-refractivity contribution in [1.82, 2.24) is 4.90 Å². The first-order chi connectivity index (χ1) is 9.35. The highest BCUT2D eigenvalue weighted by Crippen LogP contribution is 2.42. The van der Waals surface area contributed by atoms with Crippen LogP contribution in [0.1, 0.15) is 30.4 Å². The Morgan fingerprint density at radius 1 is 1.05 bits per heavy atom. The third-order valence-electron chi connectivity index (χ3n) is 5.47. The summed E-state index contributed by atoms with van der Waals surface area (Å²) in [7, 11) is 0. The van der Waals surface area contributed by atoms with E-state index in [1.165, 1.54) is 45.2 Å². The van der Waals surface area contributed by atoms with E-state index in [-0.39, 0.29) is 0 Å². The molecule has 2 heterocycles. The van der Waals surface area contributed by atoms with Crippen LogP contribution in [-0.2, 0) is 17.6 Å². The molecule has 1 aromatic rings. The van der Waals surface area contributed by atoms with E-state index in [1.54, 1.807) is 11.1 Å². The van der Waals surface area contributed by atoms with Crippen LogP contribution in [0.5, 0.6) is 0 Å². The molecule has 2 nitrogen and oxygen atoms in total. The molecule has 2 aliphatic heterocycles. The summed E-state index contributed by atoms with van der Waals surface area (Å²) in [6, 6.07) is 9.80. The zero-order valence-electron chi connectivity index (χ0n) is 11.6. The highest BCUT2D eigenvalue weighted by atomic mass is 16.5. The lowest BCUT2D eigenvalue weighted by Gasteiger charge is -2.55. The molecular weight excluding hydrogens is 234 g/mol. The first-order valence-electron chi connectivity index (χ1n) is 7.73. The summed E-state index contributed by atoms with van der Waals surface area (Å²) < 4.78 is 5.51. The maximum absolute atomic E-state index is 5.51. The molecule has 1 aliphatic carbocycles. The van der Waals surface area contributed by atoms with E-state index in [2.05, 4.69) is 29.2 Å². The smallest absolute Gasteiger partial charge is 0.0472 e. The Balaban J connectivity index is 1.41. The van der Waals surface area contributed by atoms with Gasteiger partial charge in [-0.15, -0.1) is 0 Å². The molecule has 2 saturated heterocycles. The lowest BCUT2D eigenvalue weighted by Crippen LogP contribution is -2.62. The monoisotopic (exact) mass is 257 g/mol. The number of aryl methyl sites for hydroxylation is 1. The van der Waals surface area contributed by atoms with Gasteiger partial charge in [0.25, 0.3) is 0 Å². The molecule has 1 atom stereocenters. The SMILES string of the molecule is c1ccc2c(c1)CC[C@H](N1CC3(CCOCC3)C1)C2. The van der Waals surface area contributed by atoms with Crippen LogP contribution in [0, 0.1) is 5.41 Å². The van der Waals surface area contributed by atoms with Crippen molar-refractivity contribution in [2.24, 2.45) is 5.41 Å². The van der Waals surface area contributed by atoms with E-state index in [9.17, 15) is 0 Å². The van der Waals surface area contributed by atoms with Crippen molar-refractivity contribution in [2.45, 2.75) is 38.1 Å². The maximum atomic E-state index is 5.51. The minimum atomic E-state index is 0.620. The number of nitrogens with zero attached hydrogens (tertiary/aromatic N) is 1. The summed E-state index contributed by atoms with van der Waals surface area (Å²) >= 11 is 0. The molecule has 19 heavy (non-hydrogen) atoms. The topological polar surface area (TPSA) is 12.5 Å². The lowest BCUT2D eigenvalue weighted by molar-refractivity contribution is -0.0987. The zero-order chi connectivity index (χ0) is 12.7. The van der Waals surface area contributed by atoms with Crippen molar-refractivity contribution in [3.8, 4) is 0 Å². The molecule has 3 aliphatic rings. The minimum absolute atomic E-state index is 0.620. The fourth-order valence-electron chi connectivity index (χ4n) is 4.18. The van der Waals surface area contributed by atoms with Gasteiger partial charge in [0.2, 0.25) is 0 Å². The molecule has 1 spiro atoms. The van der Waals surface area contributed by atoms with E-state index in [0.29, 0.717) is 5.41 Å². The van der Waals surface area contributed by atoms with Crippen molar-refractivity contribution >= 4 is 0 Å². The molecule has 0 unspecified atom stereocenters. The normalized spacial score (nSPS) is 29.8. The van der Waals surface area contributed by atoms with Crippen LogP contribution in [0.2, 0.25) is 0 Å². The predicted octanol–water partition coefficient (Wildman–Crippen LogP) is 2.66. The largest absolute Gasteiger partial charge is 0.381 e. The van der Waals surface area contributed by atoms with Crippen molar-refractivity contribution in [1.29, 1.82) is 0 Å². The summed E-state index contributed by atoms with van der Waals surface area (Å²) in [6.07, 6.45) is 6.46. The first-order valence-corrected chi connectivity index (χ1v) is 7.73. The molecule has 2 fully saturated rings. The van der Waals surface area contributed by atoms with Gasteiger partial charge in [-0.2, -0.15) is 0 Å². The van der Waals surface area contributed by atoms with Gasteiger partial charge >= 0.3 is 0 Å². The highest BCUT2D eigenvalue weighted by molar-refractivity contribution is 5.30. The van der Waals surface area contributed by atoms with Gasteiger partial charge in [-0.25, -0.2) is 0 Å².